The summed E-state index contributed by atoms with van der Waals surface area (Å²) < 4.78 is 0. The van der Waals surface area contributed by atoms with Gasteiger partial charge in [0.05, 0.1) is 0 Å². The van der Waals surface area contributed by atoms with E-state index in [0.717, 1.165) is 6.42 Å². The van der Waals surface area contributed by atoms with Crippen LogP contribution in [-0.2, 0) is 26.2 Å². The number of fused-ring (bicyclic) bond motifs is 2. The fourth-order valence-corrected chi connectivity index (χ4v) is 3.08. The predicted octanol–water partition coefficient (Wildman–Crippen LogP) is 4.02. The van der Waals surface area contributed by atoms with E-state index in [4.69, 9.17) is 0 Å². The minimum atomic E-state index is 0. The van der Waals surface area contributed by atoms with Gasteiger partial charge in [-0.05, 0) is 11.1 Å². The Bertz CT molecular complexity index is 561. The van der Waals surface area contributed by atoms with Gasteiger partial charge >= 0.3 is 0 Å². The molecule has 0 heterocycles. The van der Waals surface area contributed by atoms with E-state index in [1.807, 2.05) is 0 Å². The summed E-state index contributed by atoms with van der Waals surface area (Å²) in [6.45, 7) is 0. The van der Waals surface area contributed by atoms with E-state index in [1.165, 1.54) is 29.5 Å². The summed E-state index contributed by atoms with van der Waals surface area (Å²) in [5.41, 5.74) is 7.62. The normalized spacial score (nSPS) is 23.8. The van der Waals surface area contributed by atoms with E-state index < -0.39 is 0 Å². The topological polar surface area (TPSA) is 0 Å². The summed E-state index contributed by atoms with van der Waals surface area (Å²) in [5.74, 6) is 0.538. The Labute approximate surface area is 121 Å². The third-order valence-electron chi connectivity index (χ3n) is 4.04. The van der Waals surface area contributed by atoms with Crippen molar-refractivity contribution >= 4 is 6.08 Å². The van der Waals surface area contributed by atoms with Crippen LogP contribution in [0.2, 0.25) is 0 Å². The summed E-state index contributed by atoms with van der Waals surface area (Å²) in [6.07, 6.45) is 11.8. The minimum Gasteiger partial charge on any atom is -0.269 e. The second-order valence-electron chi connectivity index (χ2n) is 4.80. The fourth-order valence-electron chi connectivity index (χ4n) is 3.08. The van der Waals surface area contributed by atoms with Crippen molar-refractivity contribution in [2.45, 2.75) is 25.2 Å². The molecule has 3 aliphatic carbocycles. The molecule has 1 saturated carbocycles. The van der Waals surface area contributed by atoms with Gasteiger partial charge in [0.1, 0.15) is 0 Å². The first-order valence-corrected chi connectivity index (χ1v) is 6.02. The van der Waals surface area contributed by atoms with Crippen molar-refractivity contribution in [3.05, 3.63) is 64.3 Å². The first-order chi connectivity index (χ1) is 7.93. The summed E-state index contributed by atoms with van der Waals surface area (Å²) in [5, 5.41) is 0. The summed E-state index contributed by atoms with van der Waals surface area (Å²) >= 11 is 0. The molecule has 1 aromatic rings. The molecule has 0 bridgehead atoms. The van der Waals surface area contributed by atoms with Crippen LogP contribution in [0.1, 0.15) is 36.3 Å². The molecule has 0 aliphatic heterocycles. The Hall–Kier alpha value is -0.677. The maximum absolute atomic E-state index is 3.52. The Balaban J connectivity index is 0.000000902. The Morgan fingerprint density at radius 2 is 2.00 bits per heavy atom. The van der Waals surface area contributed by atoms with Crippen LogP contribution in [-0.4, -0.2) is 0 Å². The number of benzene rings is 1. The van der Waals surface area contributed by atoms with Gasteiger partial charge in [0.2, 0.25) is 0 Å². The molecule has 82 valence electrons. The van der Waals surface area contributed by atoms with Crippen LogP contribution in [0.4, 0.5) is 0 Å². The third kappa shape index (κ3) is 1.59. The van der Waals surface area contributed by atoms with Gasteiger partial charge in [-0.3, -0.25) is 6.08 Å². The van der Waals surface area contributed by atoms with Gasteiger partial charge in [-0.25, -0.2) is 5.57 Å². The summed E-state index contributed by atoms with van der Waals surface area (Å²) in [7, 11) is 0. The van der Waals surface area contributed by atoms with Crippen molar-refractivity contribution in [2.24, 2.45) is 0 Å². The van der Waals surface area contributed by atoms with Crippen molar-refractivity contribution < 1.29 is 26.2 Å². The van der Waals surface area contributed by atoms with E-state index in [9.17, 15) is 0 Å². The van der Waals surface area contributed by atoms with Crippen molar-refractivity contribution in [3.8, 4) is 0 Å². The zero-order chi connectivity index (χ0) is 10.5. The standard InChI is InChI=1S/C16H13.Zr/c1-2-4-13-11(3-1)6-9-15(13)16-10-7-12-5-8-14(12)16;/h1-4,6,9,15H,5,8,10H2;/q-1;. The quantitative estimate of drug-likeness (QED) is 0.687. The predicted molar refractivity (Wildman–Crippen MR) is 65.9 cm³/mol. The molecule has 0 spiro atoms. The Morgan fingerprint density at radius 3 is 2.76 bits per heavy atom. The molecular formula is C16H13Zr-. The summed E-state index contributed by atoms with van der Waals surface area (Å²) in [4.78, 5) is 0. The van der Waals surface area contributed by atoms with Crippen LogP contribution in [0.15, 0.2) is 47.1 Å². The molecule has 1 fully saturated rings. The molecule has 0 amide bonds. The van der Waals surface area contributed by atoms with Crippen LogP contribution >= 0.6 is 0 Å². The molecule has 0 nitrogen and oxygen atoms in total. The van der Waals surface area contributed by atoms with E-state index in [-0.39, 0.29) is 26.2 Å². The van der Waals surface area contributed by atoms with Gasteiger partial charge in [-0.15, -0.1) is 6.42 Å². The van der Waals surface area contributed by atoms with Crippen molar-refractivity contribution in [1.82, 2.24) is 0 Å². The smallest absolute Gasteiger partial charge is 0.00694 e. The first-order valence-electron chi connectivity index (χ1n) is 6.02. The minimum absolute atomic E-state index is 0. The summed E-state index contributed by atoms with van der Waals surface area (Å²) in [6, 6.07) is 8.75. The van der Waals surface area contributed by atoms with Gasteiger partial charge in [0.15, 0.2) is 0 Å². The molecule has 0 saturated heterocycles. The van der Waals surface area contributed by atoms with Gasteiger partial charge in [-0.2, -0.15) is 11.1 Å². The molecule has 3 aliphatic rings. The molecule has 1 unspecified atom stereocenters. The number of hydrogen-bond acceptors (Lipinski definition) is 0. The van der Waals surface area contributed by atoms with Crippen LogP contribution in [0.25, 0.3) is 6.08 Å². The van der Waals surface area contributed by atoms with Gasteiger partial charge < -0.3 is 0 Å². The maximum atomic E-state index is 3.52. The number of allylic oxidation sites excluding steroid dienone is 5. The second kappa shape index (κ2) is 4.21. The Kier molecular flexibility index (Phi) is 2.83. The van der Waals surface area contributed by atoms with Crippen LogP contribution < -0.4 is 0 Å². The van der Waals surface area contributed by atoms with Gasteiger partial charge in [0.25, 0.3) is 0 Å². The largest absolute Gasteiger partial charge is 0.269 e. The van der Waals surface area contributed by atoms with Crippen LogP contribution in [0.3, 0.4) is 0 Å². The van der Waals surface area contributed by atoms with E-state index >= 15 is 0 Å². The van der Waals surface area contributed by atoms with E-state index in [1.54, 1.807) is 11.1 Å². The monoisotopic (exact) mass is 295 g/mol. The van der Waals surface area contributed by atoms with Crippen molar-refractivity contribution in [2.75, 3.05) is 0 Å². The van der Waals surface area contributed by atoms with Crippen molar-refractivity contribution in [1.29, 1.82) is 0 Å². The third-order valence-corrected chi connectivity index (χ3v) is 4.04. The van der Waals surface area contributed by atoms with Gasteiger partial charge in [0, 0.05) is 32.1 Å². The molecule has 0 N–H and O–H groups in total. The maximum Gasteiger partial charge on any atom is 0.00694 e. The molecule has 1 aromatic carbocycles. The van der Waals surface area contributed by atoms with E-state index in [0.29, 0.717) is 5.92 Å². The zero-order valence-corrected chi connectivity index (χ0v) is 12.1. The molecule has 0 radical (unpaired) electrons. The average molecular weight is 297 g/mol. The second-order valence-corrected chi connectivity index (χ2v) is 4.80. The fraction of sp³-hybridized carbons (Fsp3) is 0.250. The van der Waals surface area contributed by atoms with Crippen molar-refractivity contribution in [3.63, 3.8) is 0 Å². The molecule has 1 heteroatoms. The van der Waals surface area contributed by atoms with Crippen LogP contribution in [0.5, 0.6) is 0 Å². The molecule has 0 aromatic heterocycles. The zero-order valence-electron chi connectivity index (χ0n) is 9.66. The Morgan fingerprint density at radius 1 is 1.12 bits per heavy atom. The number of hydrogen-bond donors (Lipinski definition) is 0. The molecule has 4 rings (SSSR count). The molecule has 17 heavy (non-hydrogen) atoms. The first kappa shape index (κ1) is 11.4. The average Bonchev–Trinajstić information content (AvgIpc) is 2.80. The molecular weight excluding hydrogens is 283 g/mol. The van der Waals surface area contributed by atoms with Gasteiger partial charge in [-0.1, -0.05) is 49.3 Å². The molecule has 1 atom stereocenters. The van der Waals surface area contributed by atoms with E-state index in [2.05, 4.69) is 42.5 Å². The number of rotatable bonds is 1. The SMILES string of the molecule is [C-]1=C2CCC2=C(C2C=Cc3ccccc32)C1.[Zr]. The van der Waals surface area contributed by atoms with Crippen LogP contribution in [0, 0.1) is 6.08 Å².